The van der Waals surface area contributed by atoms with E-state index in [1.807, 2.05) is 0 Å². The van der Waals surface area contributed by atoms with Crippen LogP contribution in [0, 0.1) is 5.92 Å². The molecule has 1 aliphatic rings. The predicted molar refractivity (Wildman–Crippen MR) is 141 cm³/mol. The highest BCUT2D eigenvalue weighted by atomic mass is 16.4. The normalized spacial score (nSPS) is 16.9. The maximum absolute atomic E-state index is 12.7. The van der Waals surface area contributed by atoms with Gasteiger partial charge in [0.15, 0.2) is 5.96 Å². The maximum Gasteiger partial charge on any atom is 0.325 e. The Labute approximate surface area is 226 Å². The second-order valence-electron chi connectivity index (χ2n) is 9.59. The predicted octanol–water partition coefficient (Wildman–Crippen LogP) is -3.68. The van der Waals surface area contributed by atoms with Gasteiger partial charge in [-0.15, -0.1) is 0 Å². The summed E-state index contributed by atoms with van der Waals surface area (Å²) in [4.78, 5) is 78.7. The van der Waals surface area contributed by atoms with Gasteiger partial charge in [-0.05, 0) is 38.5 Å². The van der Waals surface area contributed by atoms with E-state index in [0.29, 0.717) is 25.8 Å². The summed E-state index contributed by atoms with van der Waals surface area (Å²) in [6, 6.07) is -3.88. The Balaban J connectivity index is 2.68. The second kappa shape index (κ2) is 16.1. The van der Waals surface area contributed by atoms with E-state index < -0.39 is 66.2 Å². The zero-order valence-corrected chi connectivity index (χ0v) is 22.6. The van der Waals surface area contributed by atoms with Crippen molar-refractivity contribution >= 4 is 41.5 Å². The molecule has 0 aliphatic carbocycles. The van der Waals surface area contributed by atoms with E-state index in [1.165, 1.54) is 11.8 Å². The fourth-order valence-electron chi connectivity index (χ4n) is 3.70. The molecule has 1 rings (SSSR count). The first-order valence-corrected chi connectivity index (χ1v) is 12.7. The van der Waals surface area contributed by atoms with Crippen LogP contribution in [0.15, 0.2) is 4.99 Å². The Morgan fingerprint density at radius 1 is 1.00 bits per heavy atom. The minimum Gasteiger partial charge on any atom is -0.480 e. The van der Waals surface area contributed by atoms with E-state index in [9.17, 15) is 28.8 Å². The monoisotopic (exact) mass is 555 g/mol. The number of carboxylic acids is 1. The molecule has 1 saturated heterocycles. The molecule has 5 amide bonds. The SMILES string of the molecule is CC(NC(=O)C(CCCN=C(N)N)NC(=O)CNC(=O)C1CCCN1C(=O)CNC(=O)C(N)C(C)C)C(=O)O. The molecule has 16 heteroatoms. The zero-order valence-electron chi connectivity index (χ0n) is 22.6. The van der Waals surface area contributed by atoms with Crippen molar-refractivity contribution in [2.24, 2.45) is 28.1 Å². The number of likely N-dealkylation sites (tertiary alicyclic amines) is 1. The average Bonchev–Trinajstić information content (AvgIpc) is 3.36. The lowest BCUT2D eigenvalue weighted by Gasteiger charge is -2.25. The first-order chi connectivity index (χ1) is 18.2. The van der Waals surface area contributed by atoms with E-state index in [-0.39, 0.29) is 31.4 Å². The number of nitrogens with zero attached hydrogens (tertiary/aromatic N) is 2. The van der Waals surface area contributed by atoms with Gasteiger partial charge in [0, 0.05) is 13.1 Å². The van der Waals surface area contributed by atoms with Gasteiger partial charge < -0.3 is 48.5 Å². The van der Waals surface area contributed by atoms with E-state index in [1.54, 1.807) is 13.8 Å². The number of carbonyl (C=O) groups is 6. The highest BCUT2D eigenvalue weighted by molar-refractivity contribution is 5.94. The molecule has 16 nitrogen and oxygen atoms in total. The quantitative estimate of drug-likeness (QED) is 0.0557. The standard InChI is InChI=1S/C23H41N9O7/c1-12(2)18(24)21(37)29-11-17(34)32-9-5-7-15(32)20(36)28-10-16(33)31-14(6-4-8-27-23(25)26)19(35)30-13(3)22(38)39/h12-15,18H,4-11,24H2,1-3H3,(H,28,36)(H,29,37)(H,30,35)(H,31,33)(H,38,39)(H4,25,26,27). The first kappa shape index (κ1) is 33.1. The minimum absolute atomic E-state index is 0.103. The fourth-order valence-corrected chi connectivity index (χ4v) is 3.70. The Kier molecular flexibility index (Phi) is 13.7. The van der Waals surface area contributed by atoms with Crippen molar-refractivity contribution < 1.29 is 33.9 Å². The van der Waals surface area contributed by atoms with Crippen LogP contribution in [0.2, 0.25) is 0 Å². The van der Waals surface area contributed by atoms with E-state index in [2.05, 4.69) is 26.3 Å². The van der Waals surface area contributed by atoms with Crippen LogP contribution in [-0.4, -0.2) is 102 Å². The Hall–Kier alpha value is -3.95. The third-order valence-electron chi connectivity index (χ3n) is 6.06. The summed E-state index contributed by atoms with van der Waals surface area (Å²) in [6.45, 7) is 4.54. The summed E-state index contributed by atoms with van der Waals surface area (Å²) in [5, 5.41) is 18.7. The van der Waals surface area contributed by atoms with Crippen LogP contribution in [-0.2, 0) is 28.8 Å². The van der Waals surface area contributed by atoms with Gasteiger partial charge in [-0.25, -0.2) is 0 Å². The van der Waals surface area contributed by atoms with Crippen molar-refractivity contribution in [2.45, 2.75) is 70.6 Å². The van der Waals surface area contributed by atoms with Gasteiger partial charge in [-0.1, -0.05) is 13.8 Å². The largest absolute Gasteiger partial charge is 0.480 e. The molecule has 4 atom stereocenters. The van der Waals surface area contributed by atoms with Gasteiger partial charge >= 0.3 is 5.97 Å². The Bertz CT molecular complexity index is 937. The van der Waals surface area contributed by atoms with Crippen molar-refractivity contribution in [3.63, 3.8) is 0 Å². The van der Waals surface area contributed by atoms with Crippen molar-refractivity contribution in [3.8, 4) is 0 Å². The lowest BCUT2D eigenvalue weighted by molar-refractivity contribution is -0.141. The topological polar surface area (TPSA) is 264 Å². The van der Waals surface area contributed by atoms with Crippen LogP contribution in [0.25, 0.3) is 0 Å². The highest BCUT2D eigenvalue weighted by Crippen LogP contribution is 2.17. The third-order valence-corrected chi connectivity index (χ3v) is 6.06. The molecule has 11 N–H and O–H groups in total. The van der Waals surface area contributed by atoms with E-state index in [0.717, 1.165) is 0 Å². The molecule has 39 heavy (non-hydrogen) atoms. The van der Waals surface area contributed by atoms with Crippen molar-refractivity contribution in [2.75, 3.05) is 26.2 Å². The Morgan fingerprint density at radius 2 is 1.67 bits per heavy atom. The zero-order chi connectivity index (χ0) is 29.7. The molecular formula is C23H41N9O7. The molecular weight excluding hydrogens is 514 g/mol. The molecule has 0 radical (unpaired) electrons. The van der Waals surface area contributed by atoms with Gasteiger partial charge in [-0.2, -0.15) is 0 Å². The molecule has 1 fully saturated rings. The summed E-state index contributed by atoms with van der Waals surface area (Å²) in [5.74, 6) is -4.39. The lowest BCUT2D eigenvalue weighted by atomic mass is 10.1. The van der Waals surface area contributed by atoms with E-state index >= 15 is 0 Å². The molecule has 0 aromatic carbocycles. The molecule has 0 spiro atoms. The van der Waals surface area contributed by atoms with Crippen molar-refractivity contribution in [1.29, 1.82) is 0 Å². The molecule has 0 saturated carbocycles. The molecule has 0 aromatic heterocycles. The summed E-state index contributed by atoms with van der Waals surface area (Å²) in [7, 11) is 0. The van der Waals surface area contributed by atoms with Crippen molar-refractivity contribution in [1.82, 2.24) is 26.2 Å². The number of hydrogen-bond acceptors (Lipinski definition) is 8. The van der Waals surface area contributed by atoms with Gasteiger partial charge in [0.2, 0.25) is 29.5 Å². The number of aliphatic imine (C=N–C) groups is 1. The first-order valence-electron chi connectivity index (χ1n) is 12.7. The number of nitrogens with two attached hydrogens (primary N) is 3. The van der Waals surface area contributed by atoms with Crippen LogP contribution in [0.4, 0.5) is 0 Å². The second-order valence-corrected chi connectivity index (χ2v) is 9.59. The average molecular weight is 556 g/mol. The molecule has 4 unspecified atom stereocenters. The third kappa shape index (κ3) is 11.5. The molecule has 0 bridgehead atoms. The number of aliphatic carboxylic acids is 1. The number of nitrogens with one attached hydrogen (secondary N) is 4. The highest BCUT2D eigenvalue weighted by Gasteiger charge is 2.34. The van der Waals surface area contributed by atoms with E-state index in [4.69, 9.17) is 22.3 Å². The van der Waals surface area contributed by atoms with Gasteiger partial charge in [0.25, 0.3) is 0 Å². The van der Waals surface area contributed by atoms with Crippen LogP contribution >= 0.6 is 0 Å². The van der Waals surface area contributed by atoms with Gasteiger partial charge in [-0.3, -0.25) is 33.8 Å². The number of rotatable bonds is 15. The minimum atomic E-state index is -1.25. The Morgan fingerprint density at radius 3 is 2.26 bits per heavy atom. The fraction of sp³-hybridized carbons (Fsp3) is 0.696. The smallest absolute Gasteiger partial charge is 0.325 e. The number of carbonyl (C=O) groups excluding carboxylic acids is 5. The van der Waals surface area contributed by atoms with Crippen LogP contribution in [0.1, 0.15) is 46.5 Å². The van der Waals surface area contributed by atoms with Crippen LogP contribution < -0.4 is 38.5 Å². The van der Waals surface area contributed by atoms with Crippen molar-refractivity contribution in [3.05, 3.63) is 0 Å². The lowest BCUT2D eigenvalue weighted by Crippen LogP contribution is -2.54. The van der Waals surface area contributed by atoms with Crippen LogP contribution in [0.3, 0.4) is 0 Å². The number of hydrogen-bond donors (Lipinski definition) is 8. The van der Waals surface area contributed by atoms with Gasteiger partial charge in [0.1, 0.15) is 18.1 Å². The maximum atomic E-state index is 12.7. The molecule has 0 aromatic rings. The molecule has 220 valence electrons. The number of guanidine groups is 1. The summed E-state index contributed by atoms with van der Waals surface area (Å²) < 4.78 is 0. The molecule has 1 aliphatic heterocycles. The van der Waals surface area contributed by atoms with Crippen LogP contribution in [0.5, 0.6) is 0 Å². The number of amides is 5. The summed E-state index contributed by atoms with van der Waals surface area (Å²) >= 11 is 0. The molecule has 1 heterocycles. The van der Waals surface area contributed by atoms with Gasteiger partial charge in [0.05, 0.1) is 19.1 Å². The number of carboxylic acid groups (broad SMARTS) is 1. The summed E-state index contributed by atoms with van der Waals surface area (Å²) in [5.41, 5.74) is 16.3. The summed E-state index contributed by atoms with van der Waals surface area (Å²) in [6.07, 6.45) is 1.35.